The fraction of sp³-hybridized carbons (Fsp3) is 0.0769. The van der Waals surface area contributed by atoms with Crippen LogP contribution in [0.2, 0.25) is 0 Å². The lowest BCUT2D eigenvalue weighted by Crippen LogP contribution is -2.05. The number of nitrogens with one attached hydrogen (secondary N) is 2. The van der Waals surface area contributed by atoms with Crippen LogP contribution in [0.15, 0.2) is 72.8 Å². The molecule has 0 aliphatic heterocycles. The third-order valence-electron chi connectivity index (χ3n) is 4.84. The molecule has 0 atom stereocenters. The highest BCUT2D eigenvalue weighted by Gasteiger charge is 2.12. The van der Waals surface area contributed by atoms with E-state index in [0.29, 0.717) is 29.4 Å². The summed E-state index contributed by atoms with van der Waals surface area (Å²) < 4.78 is 16.0. The second-order valence-corrected chi connectivity index (χ2v) is 6.99. The van der Waals surface area contributed by atoms with Crippen LogP contribution >= 0.6 is 0 Å². The van der Waals surface area contributed by atoms with Crippen molar-refractivity contribution >= 4 is 34.9 Å². The van der Waals surface area contributed by atoms with Gasteiger partial charge in [0.25, 0.3) is 0 Å². The van der Waals surface area contributed by atoms with E-state index >= 15 is 0 Å². The summed E-state index contributed by atoms with van der Waals surface area (Å²) in [5.74, 6) is 0.954. The van der Waals surface area contributed by atoms with Crippen molar-refractivity contribution in [2.75, 3.05) is 7.11 Å². The standard InChI is InChI=1S/C26H21N4O3/c1-31-25-13-6-18(15-29-25)14-23(26(28)33-17-27)19-8-11-22(12-9-19)32-16-21-10-7-20-4-2-3-5-24(20)30-21/h2-14,17,27-28H,16H2,1H3/q+1. The summed E-state index contributed by atoms with van der Waals surface area (Å²) in [7, 11) is 1.53. The minimum Gasteiger partial charge on any atom is -0.487 e. The van der Waals surface area contributed by atoms with E-state index < -0.39 is 0 Å². The van der Waals surface area contributed by atoms with Crippen molar-refractivity contribution in [3.63, 3.8) is 0 Å². The monoisotopic (exact) mass is 437 g/mol. The first-order valence-electron chi connectivity index (χ1n) is 10.1. The van der Waals surface area contributed by atoms with E-state index in [1.165, 1.54) is 7.11 Å². The number of pyridine rings is 1. The van der Waals surface area contributed by atoms with Gasteiger partial charge in [0.2, 0.25) is 5.90 Å². The topological polar surface area (TPSA) is 102 Å². The number of hydrogen-bond donors (Lipinski definition) is 2. The molecule has 0 saturated heterocycles. The molecular formula is C26H21N4O3+. The van der Waals surface area contributed by atoms with Gasteiger partial charge in [0, 0.05) is 15.9 Å². The molecule has 2 aromatic heterocycles. The number of methoxy groups -OCH3 is 1. The summed E-state index contributed by atoms with van der Waals surface area (Å²) in [6.07, 6.45) is 5.29. The molecule has 0 saturated carbocycles. The minimum atomic E-state index is -0.164. The maximum Gasteiger partial charge on any atom is 0.500 e. The van der Waals surface area contributed by atoms with Crippen molar-refractivity contribution in [1.29, 1.82) is 10.8 Å². The molecule has 2 N–H and O–H groups in total. The van der Waals surface area contributed by atoms with E-state index in [-0.39, 0.29) is 5.90 Å². The summed E-state index contributed by atoms with van der Waals surface area (Å²) in [6.45, 7) is 0.339. The molecule has 4 aromatic rings. The van der Waals surface area contributed by atoms with Crippen LogP contribution in [-0.2, 0) is 11.3 Å². The van der Waals surface area contributed by atoms with Gasteiger partial charge in [-0.25, -0.2) is 4.98 Å². The van der Waals surface area contributed by atoms with Gasteiger partial charge in [-0.3, -0.25) is 10.8 Å². The molecule has 0 spiro atoms. The molecule has 0 aliphatic rings. The van der Waals surface area contributed by atoms with Crippen LogP contribution in [0.4, 0.5) is 0 Å². The highest BCUT2D eigenvalue weighted by atomic mass is 16.5. The molecule has 7 nitrogen and oxygen atoms in total. The fourth-order valence-electron chi connectivity index (χ4n) is 3.18. The van der Waals surface area contributed by atoms with E-state index in [2.05, 4.69) is 16.2 Å². The zero-order valence-electron chi connectivity index (χ0n) is 17.9. The summed E-state index contributed by atoms with van der Waals surface area (Å²) >= 11 is 0. The van der Waals surface area contributed by atoms with Crippen LogP contribution in [0.1, 0.15) is 16.8 Å². The molecule has 0 bridgehead atoms. The van der Waals surface area contributed by atoms with E-state index in [1.54, 1.807) is 18.2 Å². The molecule has 2 aromatic carbocycles. The van der Waals surface area contributed by atoms with Gasteiger partial charge in [-0.05, 0) is 42.0 Å². The van der Waals surface area contributed by atoms with Crippen molar-refractivity contribution in [2.24, 2.45) is 0 Å². The lowest BCUT2D eigenvalue weighted by molar-refractivity contribution is -0.313. The summed E-state index contributed by atoms with van der Waals surface area (Å²) in [4.78, 5) is 8.68. The van der Waals surface area contributed by atoms with Gasteiger partial charge in [-0.1, -0.05) is 36.4 Å². The molecule has 0 aliphatic carbocycles. The maximum absolute atomic E-state index is 8.18. The van der Waals surface area contributed by atoms with Gasteiger partial charge in [0.1, 0.15) is 17.9 Å². The number of rotatable bonds is 8. The van der Waals surface area contributed by atoms with E-state index in [4.69, 9.17) is 25.0 Å². The third kappa shape index (κ3) is 5.32. The highest BCUT2D eigenvalue weighted by Crippen LogP contribution is 2.23. The second kappa shape index (κ2) is 10.1. The molecule has 0 radical (unpaired) electrons. The van der Waals surface area contributed by atoms with Crippen LogP contribution in [-0.4, -0.2) is 24.4 Å². The zero-order chi connectivity index (χ0) is 23.0. The Balaban J connectivity index is 1.51. The van der Waals surface area contributed by atoms with Gasteiger partial charge in [-0.15, -0.1) is 0 Å². The Hall–Kier alpha value is -4.70. The average molecular weight is 437 g/mol. The van der Waals surface area contributed by atoms with Gasteiger partial charge in [0.05, 0.1) is 24.4 Å². The Morgan fingerprint density at radius 3 is 2.58 bits per heavy atom. The number of ether oxygens (including phenoxy) is 3. The number of aromatic nitrogens is 2. The van der Waals surface area contributed by atoms with Crippen LogP contribution in [0.5, 0.6) is 11.6 Å². The maximum atomic E-state index is 8.18. The largest absolute Gasteiger partial charge is 0.500 e. The molecule has 0 fully saturated rings. The van der Waals surface area contributed by atoms with Gasteiger partial charge in [0.15, 0.2) is 6.40 Å². The van der Waals surface area contributed by atoms with Gasteiger partial charge in [-0.2, -0.15) is 0 Å². The predicted molar refractivity (Wildman–Crippen MR) is 125 cm³/mol. The Morgan fingerprint density at radius 1 is 1.03 bits per heavy atom. The smallest absolute Gasteiger partial charge is 0.487 e. The van der Waals surface area contributed by atoms with Gasteiger partial charge < -0.3 is 14.2 Å². The van der Waals surface area contributed by atoms with Crippen LogP contribution in [0.25, 0.3) is 22.6 Å². The van der Waals surface area contributed by atoms with Crippen molar-refractivity contribution in [1.82, 2.24) is 4.98 Å². The first kappa shape index (κ1) is 21.5. The van der Waals surface area contributed by atoms with E-state index in [0.717, 1.165) is 28.6 Å². The normalized spacial score (nSPS) is 10.9. The summed E-state index contributed by atoms with van der Waals surface area (Å²) in [6, 6.07) is 22.7. The number of benzene rings is 2. The van der Waals surface area contributed by atoms with Crippen molar-refractivity contribution < 1.29 is 19.2 Å². The number of fused-ring (bicyclic) bond motifs is 1. The Labute approximate surface area is 191 Å². The number of nitrogens with zero attached hydrogens (tertiary/aromatic N) is 2. The molecule has 33 heavy (non-hydrogen) atoms. The predicted octanol–water partition coefficient (Wildman–Crippen LogP) is 4.36. The molecule has 2 heterocycles. The second-order valence-electron chi connectivity index (χ2n) is 6.99. The number of para-hydroxylation sites is 1. The molecule has 4 rings (SSSR count). The Bertz CT molecular complexity index is 1300. The van der Waals surface area contributed by atoms with Crippen molar-refractivity contribution in [3.05, 3.63) is 95.8 Å². The van der Waals surface area contributed by atoms with E-state index in [1.807, 2.05) is 60.7 Å². The quantitative estimate of drug-likeness (QED) is 0.315. The molecule has 7 heteroatoms. The Morgan fingerprint density at radius 2 is 1.85 bits per heavy atom. The average Bonchev–Trinajstić information content (AvgIpc) is 2.87. The first-order valence-corrected chi connectivity index (χ1v) is 10.1. The summed E-state index contributed by atoms with van der Waals surface area (Å²) in [5, 5.41) is 16.4. The zero-order valence-corrected chi connectivity index (χ0v) is 17.9. The number of hydrogen-bond acceptors (Lipinski definition) is 6. The Kier molecular flexibility index (Phi) is 6.57. The molecular weight excluding hydrogens is 416 g/mol. The van der Waals surface area contributed by atoms with Gasteiger partial charge >= 0.3 is 12.1 Å². The SMILES string of the molecule is COc1ccc(C=C(C(=N)OC=N)c2ccc(OCc3ccc4ccccc4n3)cc2)c#[n+]1. The third-order valence-corrected chi connectivity index (χ3v) is 4.84. The van der Waals surface area contributed by atoms with Crippen molar-refractivity contribution in [2.45, 2.75) is 6.61 Å². The molecule has 162 valence electrons. The van der Waals surface area contributed by atoms with Crippen LogP contribution in [0.3, 0.4) is 0 Å². The minimum absolute atomic E-state index is 0.164. The first-order chi connectivity index (χ1) is 16.2. The molecule has 0 amide bonds. The highest BCUT2D eigenvalue weighted by molar-refractivity contribution is 6.24. The van der Waals surface area contributed by atoms with Crippen molar-refractivity contribution in [3.8, 4) is 11.6 Å². The molecule has 0 unspecified atom stereocenters. The van der Waals surface area contributed by atoms with Crippen LogP contribution < -0.4 is 14.5 Å². The fourth-order valence-corrected chi connectivity index (χ4v) is 3.18. The van der Waals surface area contributed by atoms with E-state index in [9.17, 15) is 0 Å². The summed E-state index contributed by atoms with van der Waals surface area (Å²) in [5.41, 5.74) is 3.61. The van der Waals surface area contributed by atoms with Crippen LogP contribution in [0, 0.1) is 17.0 Å². The lowest BCUT2D eigenvalue weighted by atomic mass is 10.0. The lowest BCUT2D eigenvalue weighted by Gasteiger charge is -2.10.